The summed E-state index contributed by atoms with van der Waals surface area (Å²) < 4.78 is 14.1. The molecule has 9 heteroatoms. The van der Waals surface area contributed by atoms with Crippen molar-refractivity contribution >= 4 is 17.5 Å². The monoisotopic (exact) mass is 482 g/mol. The standard InChI is InChI=1S/C26H35FN6O2/c1-32(2)26(19-5-3-6-20(27)15-19)11-9-25(10-12-26)17-33(24(35)31-25)21-16-29-22(18-7-8-18)30-23(21)28-13-4-14-34/h3,5-6,15-16,18,34H,4,7-14,17H2,1-2H3,(H,31,35)(H,28,29,30). The molecule has 188 valence electrons. The molecule has 1 aromatic heterocycles. The van der Waals surface area contributed by atoms with Gasteiger partial charge >= 0.3 is 6.03 Å². The molecule has 0 unspecified atom stereocenters. The second kappa shape index (κ2) is 9.35. The van der Waals surface area contributed by atoms with Gasteiger partial charge in [0, 0.05) is 24.6 Å². The van der Waals surface area contributed by atoms with Crippen molar-refractivity contribution in [1.82, 2.24) is 20.2 Å². The fourth-order valence-electron chi connectivity index (χ4n) is 5.64. The highest BCUT2D eigenvalue weighted by atomic mass is 19.1. The maximum absolute atomic E-state index is 14.1. The summed E-state index contributed by atoms with van der Waals surface area (Å²) >= 11 is 0. The minimum Gasteiger partial charge on any atom is -0.396 e. The van der Waals surface area contributed by atoms with E-state index in [9.17, 15) is 14.3 Å². The van der Waals surface area contributed by atoms with E-state index in [0.29, 0.717) is 36.9 Å². The van der Waals surface area contributed by atoms with E-state index in [4.69, 9.17) is 4.98 Å². The fraction of sp³-hybridized carbons (Fsp3) is 0.577. The van der Waals surface area contributed by atoms with Gasteiger partial charge in [0.25, 0.3) is 0 Å². The normalized spacial score (nSPS) is 26.4. The van der Waals surface area contributed by atoms with Crippen LogP contribution in [0.5, 0.6) is 0 Å². The highest BCUT2D eigenvalue weighted by Gasteiger charge is 2.50. The first kappa shape index (κ1) is 23.9. The Bertz CT molecular complexity index is 1080. The van der Waals surface area contributed by atoms with E-state index in [1.165, 1.54) is 6.07 Å². The van der Waals surface area contributed by atoms with Crippen molar-refractivity contribution in [2.45, 2.75) is 61.9 Å². The van der Waals surface area contributed by atoms with Crippen molar-refractivity contribution in [2.75, 3.05) is 44.0 Å². The summed E-state index contributed by atoms with van der Waals surface area (Å²) in [5.41, 5.74) is 1.05. The van der Waals surface area contributed by atoms with E-state index in [-0.39, 0.29) is 29.5 Å². The van der Waals surface area contributed by atoms with Gasteiger partial charge in [-0.15, -0.1) is 0 Å². The second-order valence-electron chi connectivity index (χ2n) is 10.5. The number of anilines is 2. The number of nitrogens with one attached hydrogen (secondary N) is 2. The number of halogens is 1. The van der Waals surface area contributed by atoms with Crippen LogP contribution in [0.4, 0.5) is 20.7 Å². The van der Waals surface area contributed by atoms with Gasteiger partial charge in [0.1, 0.15) is 17.3 Å². The first-order valence-corrected chi connectivity index (χ1v) is 12.6. The molecule has 3 N–H and O–H groups in total. The summed E-state index contributed by atoms with van der Waals surface area (Å²) in [6, 6.07) is 6.76. The van der Waals surface area contributed by atoms with Crippen LogP contribution in [0.3, 0.4) is 0 Å². The van der Waals surface area contributed by atoms with Gasteiger partial charge in [0.2, 0.25) is 0 Å². The number of benzene rings is 1. The van der Waals surface area contributed by atoms with Crippen molar-refractivity contribution < 1.29 is 14.3 Å². The topological polar surface area (TPSA) is 93.6 Å². The predicted molar refractivity (Wildman–Crippen MR) is 133 cm³/mol. The molecule has 5 rings (SSSR count). The van der Waals surface area contributed by atoms with E-state index in [2.05, 4.69) is 20.5 Å². The van der Waals surface area contributed by atoms with Crippen LogP contribution in [0.25, 0.3) is 0 Å². The van der Waals surface area contributed by atoms with Crippen molar-refractivity contribution in [3.63, 3.8) is 0 Å². The van der Waals surface area contributed by atoms with Crippen LogP contribution >= 0.6 is 0 Å². The summed E-state index contributed by atoms with van der Waals surface area (Å²) in [6.45, 7) is 1.21. The Morgan fingerprint density at radius 1 is 1.26 bits per heavy atom. The van der Waals surface area contributed by atoms with Crippen LogP contribution in [-0.2, 0) is 5.54 Å². The number of aliphatic hydroxyl groups is 1. The molecular formula is C26H35FN6O2. The van der Waals surface area contributed by atoms with Gasteiger partial charge in [-0.25, -0.2) is 19.2 Å². The lowest BCUT2D eigenvalue weighted by atomic mass is 9.69. The van der Waals surface area contributed by atoms with Crippen LogP contribution in [0.15, 0.2) is 30.5 Å². The van der Waals surface area contributed by atoms with Crippen LogP contribution in [0, 0.1) is 5.82 Å². The van der Waals surface area contributed by atoms with Gasteiger partial charge in [-0.1, -0.05) is 12.1 Å². The summed E-state index contributed by atoms with van der Waals surface area (Å²) in [7, 11) is 4.09. The van der Waals surface area contributed by atoms with Gasteiger partial charge in [0.15, 0.2) is 5.82 Å². The molecule has 0 atom stereocenters. The molecule has 2 aromatic rings. The predicted octanol–water partition coefficient (Wildman–Crippen LogP) is 3.59. The molecular weight excluding hydrogens is 447 g/mol. The SMILES string of the molecule is CN(C)C1(c2cccc(F)c2)CCC2(CC1)CN(c1cnc(C3CC3)nc1NCCCO)C(=O)N2. The zero-order valence-electron chi connectivity index (χ0n) is 20.6. The second-order valence-corrected chi connectivity index (χ2v) is 10.5. The average molecular weight is 483 g/mol. The third-order valence-electron chi connectivity index (χ3n) is 7.98. The van der Waals surface area contributed by atoms with E-state index in [1.54, 1.807) is 23.2 Å². The quantitative estimate of drug-likeness (QED) is 0.498. The van der Waals surface area contributed by atoms with E-state index in [0.717, 1.165) is 49.9 Å². The molecule has 3 fully saturated rings. The molecule has 0 bridgehead atoms. The molecule has 1 aromatic carbocycles. The largest absolute Gasteiger partial charge is 0.396 e. The zero-order chi connectivity index (χ0) is 24.6. The van der Waals surface area contributed by atoms with Crippen molar-refractivity contribution in [1.29, 1.82) is 0 Å². The average Bonchev–Trinajstić information content (AvgIpc) is 3.64. The number of aliphatic hydroxyl groups excluding tert-OH is 1. The Labute approximate surface area is 205 Å². The maximum atomic E-state index is 14.1. The summed E-state index contributed by atoms with van der Waals surface area (Å²) in [6.07, 6.45) is 7.78. The number of rotatable bonds is 8. The highest BCUT2D eigenvalue weighted by molar-refractivity contribution is 5.97. The number of urea groups is 1. The van der Waals surface area contributed by atoms with Crippen molar-refractivity contribution in [3.8, 4) is 0 Å². The lowest BCUT2D eigenvalue weighted by molar-refractivity contribution is 0.0655. The number of nitrogens with zero attached hydrogens (tertiary/aromatic N) is 4. The van der Waals surface area contributed by atoms with Gasteiger partial charge < -0.3 is 15.7 Å². The molecule has 3 aliphatic rings. The summed E-state index contributed by atoms with van der Waals surface area (Å²) in [4.78, 5) is 26.5. The first-order chi connectivity index (χ1) is 16.9. The number of carbonyl (C=O) groups excluding carboxylic acids is 1. The van der Waals surface area contributed by atoms with E-state index >= 15 is 0 Å². The number of amides is 2. The van der Waals surface area contributed by atoms with Crippen molar-refractivity contribution in [2.24, 2.45) is 0 Å². The maximum Gasteiger partial charge on any atom is 0.322 e. The minimum atomic E-state index is -0.346. The van der Waals surface area contributed by atoms with Gasteiger partial charge in [-0.05, 0) is 76.7 Å². The molecule has 1 saturated heterocycles. The van der Waals surface area contributed by atoms with Gasteiger partial charge in [0.05, 0.1) is 18.3 Å². The highest BCUT2D eigenvalue weighted by Crippen LogP contribution is 2.47. The molecule has 1 aliphatic heterocycles. The Kier molecular flexibility index (Phi) is 6.40. The lowest BCUT2D eigenvalue weighted by Gasteiger charge is -2.48. The van der Waals surface area contributed by atoms with Crippen LogP contribution in [-0.4, -0.2) is 65.3 Å². The number of carbonyl (C=O) groups is 1. The van der Waals surface area contributed by atoms with Crippen LogP contribution in [0.2, 0.25) is 0 Å². The summed E-state index contributed by atoms with van der Waals surface area (Å²) in [5.74, 6) is 1.65. The Morgan fingerprint density at radius 3 is 2.69 bits per heavy atom. The lowest BCUT2D eigenvalue weighted by Crippen LogP contribution is -2.54. The number of hydrogen-bond donors (Lipinski definition) is 3. The molecule has 2 aliphatic carbocycles. The summed E-state index contributed by atoms with van der Waals surface area (Å²) in [5, 5.41) is 15.8. The third-order valence-corrected chi connectivity index (χ3v) is 7.98. The van der Waals surface area contributed by atoms with E-state index < -0.39 is 0 Å². The van der Waals surface area contributed by atoms with Crippen LogP contribution in [0.1, 0.15) is 62.3 Å². The van der Waals surface area contributed by atoms with Gasteiger partial charge in [-0.3, -0.25) is 9.80 Å². The van der Waals surface area contributed by atoms with Gasteiger partial charge in [-0.2, -0.15) is 0 Å². The molecule has 8 nitrogen and oxygen atoms in total. The molecule has 1 spiro atoms. The molecule has 0 radical (unpaired) electrons. The molecule has 2 amide bonds. The molecule has 2 saturated carbocycles. The zero-order valence-corrected chi connectivity index (χ0v) is 20.6. The van der Waals surface area contributed by atoms with Crippen molar-refractivity contribution in [3.05, 3.63) is 47.7 Å². The first-order valence-electron chi connectivity index (χ1n) is 12.6. The van der Waals surface area contributed by atoms with Crippen LogP contribution < -0.4 is 15.5 Å². The Morgan fingerprint density at radius 2 is 2.03 bits per heavy atom. The third kappa shape index (κ3) is 4.59. The number of aromatic nitrogens is 2. The minimum absolute atomic E-state index is 0.0924. The number of hydrogen-bond acceptors (Lipinski definition) is 6. The fourth-order valence-corrected chi connectivity index (χ4v) is 5.64. The smallest absolute Gasteiger partial charge is 0.322 e. The Hall–Kier alpha value is -2.78. The van der Waals surface area contributed by atoms with E-state index in [1.807, 2.05) is 20.2 Å². The Balaban J connectivity index is 1.36. The molecule has 35 heavy (non-hydrogen) atoms. The molecule has 2 heterocycles.